The molecular formula is C17H23N3O. The van der Waals surface area contributed by atoms with Gasteiger partial charge in [0.25, 0.3) is 0 Å². The zero-order valence-electron chi connectivity index (χ0n) is 13.1. The van der Waals surface area contributed by atoms with Gasteiger partial charge in [-0.15, -0.1) is 0 Å². The minimum absolute atomic E-state index is 0.105. The van der Waals surface area contributed by atoms with Gasteiger partial charge in [0.05, 0.1) is 18.3 Å². The Morgan fingerprint density at radius 2 is 1.67 bits per heavy atom. The van der Waals surface area contributed by atoms with Crippen molar-refractivity contribution in [3.8, 4) is 5.75 Å². The second kappa shape index (κ2) is 6.70. The van der Waals surface area contributed by atoms with Gasteiger partial charge in [0.1, 0.15) is 5.75 Å². The summed E-state index contributed by atoms with van der Waals surface area (Å²) in [4.78, 5) is 4.26. The highest BCUT2D eigenvalue weighted by atomic mass is 16.5. The lowest BCUT2D eigenvalue weighted by Gasteiger charge is -2.19. The molecule has 0 saturated heterocycles. The number of nitrogens with zero attached hydrogens (tertiary/aromatic N) is 1. The van der Waals surface area contributed by atoms with Gasteiger partial charge in [0.2, 0.25) is 0 Å². The third kappa shape index (κ3) is 4.03. The van der Waals surface area contributed by atoms with Crippen LogP contribution in [0.25, 0.3) is 0 Å². The lowest BCUT2D eigenvalue weighted by atomic mass is 9.97. The summed E-state index contributed by atoms with van der Waals surface area (Å²) >= 11 is 0. The number of nitrogens with two attached hydrogens (primary N) is 1. The maximum Gasteiger partial charge on any atom is 0.138 e. The Hall–Kier alpha value is -1.91. The van der Waals surface area contributed by atoms with Crippen molar-refractivity contribution in [1.82, 2.24) is 10.4 Å². The standard InChI is InChI=1S/C17H23N3O/c1-11(2)21-16-8-15(9-19-10-16)17(20-18)14-6-12(3)5-13(4)7-14/h5-11,17,20H,18H2,1-4H3. The zero-order chi connectivity index (χ0) is 15.4. The number of ether oxygens (including phenoxy) is 1. The molecular weight excluding hydrogens is 262 g/mol. The first-order valence-corrected chi connectivity index (χ1v) is 7.15. The van der Waals surface area contributed by atoms with E-state index in [-0.39, 0.29) is 12.1 Å². The van der Waals surface area contributed by atoms with Crippen LogP contribution in [0.15, 0.2) is 36.7 Å². The molecule has 0 saturated carbocycles. The van der Waals surface area contributed by atoms with Crippen LogP contribution in [0, 0.1) is 13.8 Å². The molecule has 0 radical (unpaired) electrons. The highest BCUT2D eigenvalue weighted by Crippen LogP contribution is 2.25. The lowest BCUT2D eigenvalue weighted by molar-refractivity contribution is 0.241. The van der Waals surface area contributed by atoms with E-state index in [0.29, 0.717) is 0 Å². The fourth-order valence-corrected chi connectivity index (χ4v) is 2.49. The SMILES string of the molecule is Cc1cc(C)cc(C(NN)c2cncc(OC(C)C)c2)c1. The van der Waals surface area contributed by atoms with Gasteiger partial charge in [-0.2, -0.15) is 0 Å². The summed E-state index contributed by atoms with van der Waals surface area (Å²) in [5.74, 6) is 6.53. The fourth-order valence-electron chi connectivity index (χ4n) is 2.49. The molecule has 0 aliphatic carbocycles. The summed E-state index contributed by atoms with van der Waals surface area (Å²) < 4.78 is 5.70. The summed E-state index contributed by atoms with van der Waals surface area (Å²) in [7, 11) is 0. The van der Waals surface area contributed by atoms with Crippen molar-refractivity contribution in [1.29, 1.82) is 0 Å². The van der Waals surface area contributed by atoms with Crippen LogP contribution in [0.1, 0.15) is 42.1 Å². The third-order valence-electron chi connectivity index (χ3n) is 3.18. The quantitative estimate of drug-likeness (QED) is 0.655. The molecule has 0 aliphatic rings. The number of hydrogen-bond acceptors (Lipinski definition) is 4. The maximum absolute atomic E-state index is 5.77. The van der Waals surface area contributed by atoms with Crippen LogP contribution in [0.3, 0.4) is 0 Å². The second-order valence-corrected chi connectivity index (χ2v) is 5.64. The number of pyridine rings is 1. The molecule has 0 aliphatic heterocycles. The van der Waals surface area contributed by atoms with Crippen molar-refractivity contribution in [2.45, 2.75) is 39.8 Å². The Balaban J connectivity index is 2.36. The molecule has 0 spiro atoms. The van der Waals surface area contributed by atoms with E-state index in [1.54, 1.807) is 6.20 Å². The van der Waals surface area contributed by atoms with Gasteiger partial charge in [-0.1, -0.05) is 29.3 Å². The number of hydrogen-bond donors (Lipinski definition) is 2. The Morgan fingerprint density at radius 3 is 2.24 bits per heavy atom. The highest BCUT2D eigenvalue weighted by Gasteiger charge is 2.14. The molecule has 1 unspecified atom stereocenters. The Labute approximate surface area is 126 Å². The average molecular weight is 285 g/mol. The molecule has 4 nitrogen and oxygen atoms in total. The molecule has 3 N–H and O–H groups in total. The monoisotopic (exact) mass is 285 g/mol. The van der Waals surface area contributed by atoms with Gasteiger partial charge >= 0.3 is 0 Å². The van der Waals surface area contributed by atoms with Crippen LogP contribution < -0.4 is 16.0 Å². The van der Waals surface area contributed by atoms with E-state index in [2.05, 4.69) is 42.5 Å². The van der Waals surface area contributed by atoms with Crippen molar-refractivity contribution in [3.63, 3.8) is 0 Å². The largest absolute Gasteiger partial charge is 0.489 e. The number of aryl methyl sites for hydroxylation is 2. The van der Waals surface area contributed by atoms with Gasteiger partial charge in [0.15, 0.2) is 0 Å². The minimum atomic E-state index is -0.105. The van der Waals surface area contributed by atoms with E-state index in [1.807, 2.05) is 26.1 Å². The molecule has 2 rings (SSSR count). The molecule has 2 aromatic rings. The van der Waals surface area contributed by atoms with Crippen LogP contribution in [0.2, 0.25) is 0 Å². The summed E-state index contributed by atoms with van der Waals surface area (Å²) in [5.41, 5.74) is 7.42. The Morgan fingerprint density at radius 1 is 1.00 bits per heavy atom. The lowest BCUT2D eigenvalue weighted by Crippen LogP contribution is -2.29. The van der Waals surface area contributed by atoms with Gasteiger partial charge in [-0.05, 0) is 44.9 Å². The summed E-state index contributed by atoms with van der Waals surface area (Å²) in [6.07, 6.45) is 3.65. The molecule has 1 aromatic heterocycles. The smallest absolute Gasteiger partial charge is 0.138 e. The van der Waals surface area contributed by atoms with Crippen LogP contribution in [0.5, 0.6) is 5.75 Å². The van der Waals surface area contributed by atoms with Crippen molar-refractivity contribution in [3.05, 3.63) is 58.9 Å². The normalized spacial score (nSPS) is 12.5. The van der Waals surface area contributed by atoms with Gasteiger partial charge in [-0.25, -0.2) is 5.43 Å². The topological polar surface area (TPSA) is 60.2 Å². The zero-order valence-corrected chi connectivity index (χ0v) is 13.1. The molecule has 0 amide bonds. The first kappa shape index (κ1) is 15.5. The van der Waals surface area contributed by atoms with Crippen molar-refractivity contribution < 1.29 is 4.74 Å². The molecule has 21 heavy (non-hydrogen) atoms. The Bertz CT molecular complexity index is 590. The molecule has 112 valence electrons. The summed E-state index contributed by atoms with van der Waals surface area (Å²) in [6, 6.07) is 8.29. The fraction of sp³-hybridized carbons (Fsp3) is 0.353. The van der Waals surface area contributed by atoms with E-state index in [4.69, 9.17) is 10.6 Å². The molecule has 1 atom stereocenters. The number of nitrogens with one attached hydrogen (secondary N) is 1. The van der Waals surface area contributed by atoms with Crippen molar-refractivity contribution in [2.24, 2.45) is 5.84 Å². The second-order valence-electron chi connectivity index (χ2n) is 5.64. The van der Waals surface area contributed by atoms with Gasteiger partial charge in [0, 0.05) is 6.20 Å². The van der Waals surface area contributed by atoms with E-state index < -0.39 is 0 Å². The van der Waals surface area contributed by atoms with E-state index in [1.165, 1.54) is 11.1 Å². The van der Waals surface area contributed by atoms with Gasteiger partial charge in [-0.3, -0.25) is 10.8 Å². The van der Waals surface area contributed by atoms with Crippen LogP contribution in [0.4, 0.5) is 0 Å². The average Bonchev–Trinajstić information content (AvgIpc) is 2.38. The third-order valence-corrected chi connectivity index (χ3v) is 3.18. The number of hydrazine groups is 1. The highest BCUT2D eigenvalue weighted by molar-refractivity contribution is 5.37. The van der Waals surface area contributed by atoms with E-state index in [9.17, 15) is 0 Å². The first-order valence-electron chi connectivity index (χ1n) is 7.15. The minimum Gasteiger partial charge on any atom is -0.489 e. The summed E-state index contributed by atoms with van der Waals surface area (Å²) in [6.45, 7) is 8.16. The van der Waals surface area contributed by atoms with Crippen molar-refractivity contribution >= 4 is 0 Å². The summed E-state index contributed by atoms with van der Waals surface area (Å²) in [5, 5.41) is 0. The molecule has 1 heterocycles. The first-order chi connectivity index (χ1) is 9.99. The van der Waals surface area contributed by atoms with E-state index in [0.717, 1.165) is 16.9 Å². The number of aromatic nitrogens is 1. The maximum atomic E-state index is 5.77. The van der Waals surface area contributed by atoms with Crippen molar-refractivity contribution in [2.75, 3.05) is 0 Å². The Kier molecular flexibility index (Phi) is 4.94. The van der Waals surface area contributed by atoms with Crippen LogP contribution in [-0.2, 0) is 0 Å². The number of benzene rings is 1. The van der Waals surface area contributed by atoms with Crippen LogP contribution >= 0.6 is 0 Å². The van der Waals surface area contributed by atoms with Gasteiger partial charge < -0.3 is 4.74 Å². The molecule has 1 aromatic carbocycles. The van der Waals surface area contributed by atoms with E-state index >= 15 is 0 Å². The molecule has 0 bridgehead atoms. The predicted octanol–water partition coefficient (Wildman–Crippen LogP) is 3.04. The number of rotatable bonds is 5. The van der Waals surface area contributed by atoms with Crippen LogP contribution in [-0.4, -0.2) is 11.1 Å². The molecule has 0 fully saturated rings. The molecule has 4 heteroatoms. The predicted molar refractivity (Wildman–Crippen MR) is 85.1 cm³/mol.